The molecule has 174 valence electrons. The minimum Gasteiger partial charge on any atom is -0.337 e. The van der Waals surface area contributed by atoms with Crippen molar-refractivity contribution in [1.82, 2.24) is 10.6 Å². The monoisotopic (exact) mass is 420 g/mol. The van der Waals surface area contributed by atoms with E-state index in [1.54, 1.807) is 6.92 Å². The van der Waals surface area contributed by atoms with Gasteiger partial charge in [0.25, 0.3) is 0 Å². The zero-order valence-corrected chi connectivity index (χ0v) is 20.4. The molecule has 0 radical (unpaired) electrons. The first-order valence-electron chi connectivity index (χ1n) is 12.8. The van der Waals surface area contributed by atoms with Gasteiger partial charge in [-0.1, -0.05) is 89.7 Å². The van der Waals surface area contributed by atoms with E-state index in [1.807, 2.05) is 6.20 Å². The number of hydrogen-bond donors (Lipinski definition) is 2. The van der Waals surface area contributed by atoms with Gasteiger partial charge in [0.1, 0.15) is 6.20 Å². The van der Waals surface area contributed by atoms with Gasteiger partial charge < -0.3 is 10.6 Å². The molecule has 0 aromatic rings. The molecular formula is C26H50N3O+. The van der Waals surface area contributed by atoms with Crippen LogP contribution in [-0.4, -0.2) is 29.3 Å². The maximum Gasteiger partial charge on any atom is 0.221 e. The first-order chi connectivity index (χ1) is 14.6. The van der Waals surface area contributed by atoms with Crippen LogP contribution >= 0.6 is 0 Å². The molecule has 3 unspecified atom stereocenters. The van der Waals surface area contributed by atoms with E-state index in [2.05, 4.69) is 49.8 Å². The van der Waals surface area contributed by atoms with E-state index in [0.29, 0.717) is 6.17 Å². The molecule has 1 amide bonds. The summed E-state index contributed by atoms with van der Waals surface area (Å²) in [5.74, 6) is 0.0371. The smallest absolute Gasteiger partial charge is 0.221 e. The number of nitrogens with zero attached hydrogens (tertiary/aromatic N) is 1. The van der Waals surface area contributed by atoms with Crippen molar-refractivity contribution >= 4 is 5.91 Å². The molecule has 0 spiro atoms. The molecule has 1 aliphatic heterocycles. The highest BCUT2D eigenvalue weighted by atomic mass is 16.1. The zero-order valence-electron chi connectivity index (χ0n) is 20.4. The van der Waals surface area contributed by atoms with Gasteiger partial charge in [0.2, 0.25) is 5.91 Å². The van der Waals surface area contributed by atoms with Crippen LogP contribution in [-0.2, 0) is 4.79 Å². The Morgan fingerprint density at radius 1 is 0.967 bits per heavy atom. The van der Waals surface area contributed by atoms with Crippen LogP contribution in [0, 0.1) is 0 Å². The van der Waals surface area contributed by atoms with Gasteiger partial charge >= 0.3 is 0 Å². The summed E-state index contributed by atoms with van der Waals surface area (Å²) in [4.78, 5) is 11.5. The van der Waals surface area contributed by atoms with Crippen LogP contribution in [0.15, 0.2) is 24.6 Å². The average molecular weight is 421 g/mol. The quantitative estimate of drug-likeness (QED) is 0.146. The van der Waals surface area contributed by atoms with E-state index in [9.17, 15) is 4.79 Å². The molecule has 1 heterocycles. The van der Waals surface area contributed by atoms with Gasteiger partial charge in [-0.3, -0.25) is 9.28 Å². The Morgan fingerprint density at radius 3 is 2.07 bits per heavy atom. The van der Waals surface area contributed by atoms with Gasteiger partial charge in [0.05, 0.1) is 12.7 Å². The lowest BCUT2D eigenvalue weighted by Crippen LogP contribution is -2.62. The third-order valence-corrected chi connectivity index (χ3v) is 6.65. The molecule has 0 saturated heterocycles. The van der Waals surface area contributed by atoms with Crippen molar-refractivity contribution in [3.8, 4) is 0 Å². The fourth-order valence-corrected chi connectivity index (χ4v) is 4.66. The first-order valence-corrected chi connectivity index (χ1v) is 12.8. The van der Waals surface area contributed by atoms with Gasteiger partial charge in [0.15, 0.2) is 12.3 Å². The molecule has 4 nitrogen and oxygen atoms in total. The summed E-state index contributed by atoms with van der Waals surface area (Å²) < 4.78 is 0.766. The number of hydrogen-bond acceptors (Lipinski definition) is 2. The van der Waals surface area contributed by atoms with Crippen molar-refractivity contribution in [3.63, 3.8) is 0 Å². The summed E-state index contributed by atoms with van der Waals surface area (Å²) in [6.07, 6.45) is 28.3. The summed E-state index contributed by atoms with van der Waals surface area (Å²) in [7, 11) is 0. The van der Waals surface area contributed by atoms with E-state index < -0.39 is 0 Å². The molecule has 0 aromatic carbocycles. The van der Waals surface area contributed by atoms with Gasteiger partial charge in [-0.15, -0.1) is 0 Å². The van der Waals surface area contributed by atoms with Crippen LogP contribution in [0.4, 0.5) is 0 Å². The fourth-order valence-electron chi connectivity index (χ4n) is 4.66. The highest BCUT2D eigenvalue weighted by Gasteiger charge is 2.41. The highest BCUT2D eigenvalue weighted by molar-refractivity contribution is 5.72. The molecule has 1 rings (SSSR count). The predicted molar refractivity (Wildman–Crippen MR) is 130 cm³/mol. The minimum atomic E-state index is 0.0371. The van der Waals surface area contributed by atoms with Crippen molar-refractivity contribution < 1.29 is 9.28 Å². The van der Waals surface area contributed by atoms with Crippen molar-refractivity contribution in [2.45, 2.75) is 130 Å². The van der Waals surface area contributed by atoms with E-state index in [1.165, 1.54) is 83.5 Å². The normalized spacial score (nSPS) is 21.8. The molecule has 0 aliphatic carbocycles. The van der Waals surface area contributed by atoms with Crippen LogP contribution in [0.2, 0.25) is 0 Å². The van der Waals surface area contributed by atoms with Crippen LogP contribution in [0.5, 0.6) is 0 Å². The Hall–Kier alpha value is -1.29. The van der Waals surface area contributed by atoms with Gasteiger partial charge in [-0.25, -0.2) is 0 Å². The number of rotatable bonds is 18. The molecule has 1 aliphatic rings. The second-order valence-corrected chi connectivity index (χ2v) is 9.07. The number of allylic oxidation sites excluding steroid dienone is 1. The molecule has 2 N–H and O–H groups in total. The van der Waals surface area contributed by atoms with Crippen molar-refractivity contribution in [2.24, 2.45) is 0 Å². The molecular weight excluding hydrogens is 370 g/mol. The third kappa shape index (κ3) is 10.1. The van der Waals surface area contributed by atoms with E-state index in [4.69, 9.17) is 0 Å². The van der Waals surface area contributed by atoms with E-state index in [-0.39, 0.29) is 12.1 Å². The van der Waals surface area contributed by atoms with Crippen LogP contribution < -0.4 is 10.6 Å². The second kappa shape index (κ2) is 16.4. The summed E-state index contributed by atoms with van der Waals surface area (Å²) >= 11 is 0. The molecule has 0 bridgehead atoms. The number of quaternary nitrogens is 1. The summed E-state index contributed by atoms with van der Waals surface area (Å²) in [5.41, 5.74) is 0. The largest absolute Gasteiger partial charge is 0.337 e. The van der Waals surface area contributed by atoms with Crippen LogP contribution in [0.1, 0.15) is 118 Å². The number of unbranched alkanes of at least 4 members (excludes halogenated alkanes) is 12. The summed E-state index contributed by atoms with van der Waals surface area (Å²) in [5, 5.41) is 6.57. The molecule has 3 atom stereocenters. The lowest BCUT2D eigenvalue weighted by molar-refractivity contribution is -0.923. The number of amides is 1. The Balaban J connectivity index is 2.09. The standard InChI is InChI=1S/C26H49N3O/c1-5-7-8-9-10-11-12-13-14-15-16-17-18-19-20-21-26-27-22-23-29(26,6-2)24(3)28-25(4)30/h19-20,22-24,26-27H,5-18,21H2,1-4H3/p+1/b20-19+. The Labute approximate surface area is 187 Å². The fraction of sp³-hybridized carbons (Fsp3) is 0.808. The highest BCUT2D eigenvalue weighted by Crippen LogP contribution is 2.24. The molecule has 0 fully saturated rings. The van der Waals surface area contributed by atoms with E-state index >= 15 is 0 Å². The number of carbonyl (C=O) groups excluding carboxylic acids is 1. The number of nitrogens with one attached hydrogen (secondary N) is 2. The first kappa shape index (κ1) is 26.7. The Bertz CT molecular complexity index is 503. The molecule has 0 saturated carbocycles. The van der Waals surface area contributed by atoms with E-state index in [0.717, 1.165) is 17.4 Å². The second-order valence-electron chi connectivity index (χ2n) is 9.07. The average Bonchev–Trinajstić information content (AvgIpc) is 3.14. The molecule has 30 heavy (non-hydrogen) atoms. The summed E-state index contributed by atoms with van der Waals surface area (Å²) in [6, 6.07) is 0. The van der Waals surface area contributed by atoms with Gasteiger partial charge in [0, 0.05) is 20.3 Å². The van der Waals surface area contributed by atoms with Gasteiger partial charge in [-0.2, -0.15) is 0 Å². The third-order valence-electron chi connectivity index (χ3n) is 6.65. The molecule has 0 aromatic heterocycles. The van der Waals surface area contributed by atoms with Crippen molar-refractivity contribution in [2.75, 3.05) is 6.54 Å². The predicted octanol–water partition coefficient (Wildman–Crippen LogP) is 6.74. The SMILES string of the molecule is CCCCCCCCCCCCCC/C=C/CC1NC=C[N+]1(CC)C(C)NC(C)=O. The van der Waals surface area contributed by atoms with Crippen LogP contribution in [0.25, 0.3) is 0 Å². The topological polar surface area (TPSA) is 41.1 Å². The summed E-state index contributed by atoms with van der Waals surface area (Å²) in [6.45, 7) is 9.14. The Morgan fingerprint density at radius 2 is 1.53 bits per heavy atom. The van der Waals surface area contributed by atoms with Crippen LogP contribution in [0.3, 0.4) is 0 Å². The lowest BCUT2D eigenvalue weighted by Gasteiger charge is -2.41. The maximum atomic E-state index is 11.5. The Kier molecular flexibility index (Phi) is 14.6. The number of carbonyl (C=O) groups is 1. The lowest BCUT2D eigenvalue weighted by atomic mass is 10.0. The van der Waals surface area contributed by atoms with Crippen molar-refractivity contribution in [1.29, 1.82) is 0 Å². The maximum absolute atomic E-state index is 11.5. The zero-order chi connectivity index (χ0) is 22.1. The van der Waals surface area contributed by atoms with Gasteiger partial charge in [-0.05, 0) is 19.8 Å². The minimum absolute atomic E-state index is 0.0371. The van der Waals surface area contributed by atoms with Crippen molar-refractivity contribution in [3.05, 3.63) is 24.6 Å². The molecule has 4 heteroatoms.